The van der Waals surface area contributed by atoms with Gasteiger partial charge in [-0.3, -0.25) is 0 Å². The Balaban J connectivity index is 2.43. The van der Waals surface area contributed by atoms with E-state index in [1.54, 1.807) is 7.11 Å². The Labute approximate surface area is 84.2 Å². The Hall–Kier alpha value is -1.44. The van der Waals surface area contributed by atoms with Gasteiger partial charge in [0.25, 0.3) is 0 Å². The Morgan fingerprint density at radius 1 is 1.50 bits per heavy atom. The van der Waals surface area contributed by atoms with Crippen molar-refractivity contribution in [1.82, 2.24) is 0 Å². The first-order chi connectivity index (χ1) is 6.70. The molecule has 0 amide bonds. The molecule has 0 fully saturated rings. The van der Waals surface area contributed by atoms with Crippen LogP contribution in [-0.4, -0.2) is 7.11 Å². The van der Waals surface area contributed by atoms with Crippen molar-refractivity contribution < 1.29 is 9.47 Å². The summed E-state index contributed by atoms with van der Waals surface area (Å²) in [5.74, 6) is 3.02. The minimum Gasteiger partial charge on any atom is -0.497 e. The van der Waals surface area contributed by atoms with Crippen LogP contribution in [0.15, 0.2) is 30.5 Å². The lowest BCUT2D eigenvalue weighted by atomic mass is 9.94. The average molecular weight is 190 g/mol. The molecule has 0 saturated heterocycles. The maximum atomic E-state index is 5.57. The summed E-state index contributed by atoms with van der Waals surface area (Å²) in [7, 11) is 1.66. The van der Waals surface area contributed by atoms with Gasteiger partial charge in [0.05, 0.1) is 12.9 Å². The van der Waals surface area contributed by atoms with Crippen LogP contribution in [0, 0.1) is 0 Å². The molecule has 1 aliphatic heterocycles. The van der Waals surface area contributed by atoms with Crippen LogP contribution in [0.1, 0.15) is 24.8 Å². The first kappa shape index (κ1) is 9.13. The fraction of sp³-hybridized carbons (Fsp3) is 0.333. The van der Waals surface area contributed by atoms with Crippen LogP contribution in [0.5, 0.6) is 11.5 Å². The van der Waals surface area contributed by atoms with E-state index in [2.05, 4.69) is 19.6 Å². The average Bonchev–Trinajstić information content (AvgIpc) is 2.16. The van der Waals surface area contributed by atoms with Gasteiger partial charge >= 0.3 is 0 Å². The molecule has 0 radical (unpaired) electrons. The fourth-order valence-corrected chi connectivity index (χ4v) is 1.79. The Morgan fingerprint density at radius 2 is 2.29 bits per heavy atom. The summed E-state index contributed by atoms with van der Waals surface area (Å²) in [5, 5.41) is 0. The number of ether oxygens (including phenoxy) is 2. The second-order valence-corrected chi connectivity index (χ2v) is 3.65. The zero-order chi connectivity index (χ0) is 10.1. The normalized spacial score (nSPS) is 19.9. The van der Waals surface area contributed by atoms with Gasteiger partial charge in [-0.15, -0.1) is 0 Å². The lowest BCUT2D eigenvalue weighted by Crippen LogP contribution is -2.09. The molecule has 1 aromatic rings. The zero-order valence-corrected chi connectivity index (χ0v) is 8.54. The quantitative estimate of drug-likeness (QED) is 0.677. The van der Waals surface area contributed by atoms with Gasteiger partial charge in [-0.05, 0) is 17.5 Å². The van der Waals surface area contributed by atoms with E-state index in [4.69, 9.17) is 9.47 Å². The minimum atomic E-state index is 0.483. The monoisotopic (exact) mass is 190 g/mol. The molecule has 2 rings (SSSR count). The molecule has 2 nitrogen and oxygen atoms in total. The molecular weight excluding hydrogens is 176 g/mol. The third-order valence-electron chi connectivity index (χ3n) is 2.54. The number of hydrogen-bond donors (Lipinski definition) is 0. The van der Waals surface area contributed by atoms with Crippen molar-refractivity contribution in [2.45, 2.75) is 19.3 Å². The lowest BCUT2D eigenvalue weighted by molar-refractivity contribution is 0.355. The standard InChI is InChI=1S/C12H14O2/c1-8-6-9(2)14-12-7-10(13-3)4-5-11(8)12/h4-5,7-8H,2,6H2,1,3H3. The maximum Gasteiger partial charge on any atom is 0.134 e. The minimum absolute atomic E-state index is 0.483. The Kier molecular flexibility index (Phi) is 2.20. The largest absolute Gasteiger partial charge is 0.497 e. The number of methoxy groups -OCH3 is 1. The number of benzene rings is 1. The second-order valence-electron chi connectivity index (χ2n) is 3.65. The highest BCUT2D eigenvalue weighted by molar-refractivity contribution is 5.45. The van der Waals surface area contributed by atoms with Crippen LogP contribution in [0.4, 0.5) is 0 Å². The van der Waals surface area contributed by atoms with Crippen molar-refractivity contribution in [3.05, 3.63) is 36.1 Å². The molecule has 2 heteroatoms. The van der Waals surface area contributed by atoms with Crippen LogP contribution in [0.25, 0.3) is 0 Å². The third kappa shape index (κ3) is 1.48. The first-order valence-corrected chi connectivity index (χ1v) is 4.74. The maximum absolute atomic E-state index is 5.57. The van der Waals surface area contributed by atoms with Crippen LogP contribution in [0.2, 0.25) is 0 Å². The van der Waals surface area contributed by atoms with Crippen molar-refractivity contribution in [3.8, 4) is 11.5 Å². The molecule has 1 aromatic carbocycles. The van der Waals surface area contributed by atoms with E-state index in [1.165, 1.54) is 5.56 Å². The highest BCUT2D eigenvalue weighted by Crippen LogP contribution is 2.38. The Morgan fingerprint density at radius 3 is 3.00 bits per heavy atom. The molecule has 0 N–H and O–H groups in total. The van der Waals surface area contributed by atoms with Gasteiger partial charge in [0, 0.05) is 12.5 Å². The number of fused-ring (bicyclic) bond motifs is 1. The molecule has 0 spiro atoms. The highest BCUT2D eigenvalue weighted by atomic mass is 16.5. The number of hydrogen-bond acceptors (Lipinski definition) is 2. The number of rotatable bonds is 1. The van der Waals surface area contributed by atoms with Gasteiger partial charge in [0.1, 0.15) is 11.5 Å². The summed E-state index contributed by atoms with van der Waals surface area (Å²) < 4.78 is 10.7. The highest BCUT2D eigenvalue weighted by Gasteiger charge is 2.20. The molecular formula is C12H14O2. The molecule has 0 saturated carbocycles. The SMILES string of the molecule is C=C1CC(C)c2ccc(OC)cc2O1. The lowest BCUT2D eigenvalue weighted by Gasteiger charge is -2.24. The van der Waals surface area contributed by atoms with E-state index in [9.17, 15) is 0 Å². The van der Waals surface area contributed by atoms with Gasteiger partial charge in [0.15, 0.2) is 0 Å². The summed E-state index contributed by atoms with van der Waals surface area (Å²) in [5.41, 5.74) is 1.23. The molecule has 74 valence electrons. The van der Waals surface area contributed by atoms with E-state index in [-0.39, 0.29) is 0 Å². The van der Waals surface area contributed by atoms with Crippen LogP contribution in [-0.2, 0) is 0 Å². The molecule has 0 aliphatic carbocycles. The van der Waals surface area contributed by atoms with Crippen molar-refractivity contribution in [2.24, 2.45) is 0 Å². The summed E-state index contributed by atoms with van der Waals surface area (Å²) in [6.07, 6.45) is 0.902. The molecule has 1 aliphatic rings. The van der Waals surface area contributed by atoms with E-state index in [1.807, 2.05) is 12.1 Å². The fourth-order valence-electron chi connectivity index (χ4n) is 1.79. The smallest absolute Gasteiger partial charge is 0.134 e. The summed E-state index contributed by atoms with van der Waals surface area (Å²) in [6, 6.07) is 5.94. The second kappa shape index (κ2) is 3.37. The van der Waals surface area contributed by atoms with Crippen molar-refractivity contribution in [1.29, 1.82) is 0 Å². The van der Waals surface area contributed by atoms with Gasteiger partial charge in [-0.2, -0.15) is 0 Å². The van der Waals surface area contributed by atoms with E-state index >= 15 is 0 Å². The van der Waals surface area contributed by atoms with Crippen LogP contribution < -0.4 is 9.47 Å². The summed E-state index contributed by atoms with van der Waals surface area (Å²) >= 11 is 0. The molecule has 14 heavy (non-hydrogen) atoms. The van der Waals surface area contributed by atoms with Gasteiger partial charge < -0.3 is 9.47 Å². The third-order valence-corrected chi connectivity index (χ3v) is 2.54. The molecule has 0 bridgehead atoms. The summed E-state index contributed by atoms with van der Waals surface area (Å²) in [4.78, 5) is 0. The van der Waals surface area contributed by atoms with Crippen molar-refractivity contribution in [3.63, 3.8) is 0 Å². The van der Waals surface area contributed by atoms with Gasteiger partial charge in [-0.25, -0.2) is 0 Å². The number of allylic oxidation sites excluding steroid dienone is 1. The molecule has 0 aromatic heterocycles. The van der Waals surface area contributed by atoms with Crippen molar-refractivity contribution in [2.75, 3.05) is 7.11 Å². The first-order valence-electron chi connectivity index (χ1n) is 4.74. The molecule has 1 atom stereocenters. The molecule has 1 heterocycles. The van der Waals surface area contributed by atoms with E-state index < -0.39 is 0 Å². The Bertz CT molecular complexity index is 369. The topological polar surface area (TPSA) is 18.5 Å². The zero-order valence-electron chi connectivity index (χ0n) is 8.54. The van der Waals surface area contributed by atoms with Crippen LogP contribution in [0.3, 0.4) is 0 Å². The van der Waals surface area contributed by atoms with Gasteiger partial charge in [-0.1, -0.05) is 19.6 Å². The summed E-state index contributed by atoms with van der Waals surface area (Å²) in [6.45, 7) is 6.04. The van der Waals surface area contributed by atoms with Gasteiger partial charge in [0.2, 0.25) is 0 Å². The van der Waals surface area contributed by atoms with Crippen molar-refractivity contribution >= 4 is 0 Å². The van der Waals surface area contributed by atoms with E-state index in [0.29, 0.717) is 5.92 Å². The van der Waals surface area contributed by atoms with E-state index in [0.717, 1.165) is 23.7 Å². The molecule has 1 unspecified atom stereocenters. The van der Waals surface area contributed by atoms with Crippen LogP contribution >= 0.6 is 0 Å². The predicted molar refractivity (Wildman–Crippen MR) is 55.8 cm³/mol. The predicted octanol–water partition coefficient (Wildman–Crippen LogP) is 3.09.